The van der Waals surface area contributed by atoms with Gasteiger partial charge in [-0.1, -0.05) is 0 Å². The molecule has 118 valence electrons. The van der Waals surface area contributed by atoms with Crippen molar-refractivity contribution in [3.05, 3.63) is 71.3 Å². The van der Waals surface area contributed by atoms with Gasteiger partial charge >= 0.3 is 0 Å². The Morgan fingerprint density at radius 2 is 1.57 bits per heavy atom. The predicted octanol–water partition coefficient (Wildman–Crippen LogP) is 2.97. The zero-order valence-corrected chi connectivity index (χ0v) is 12.6. The summed E-state index contributed by atoms with van der Waals surface area (Å²) in [7, 11) is -1.50. The van der Waals surface area contributed by atoms with Crippen LogP contribution < -0.4 is 10.2 Å². The van der Waals surface area contributed by atoms with E-state index in [9.17, 15) is 17.8 Å². The highest BCUT2D eigenvalue weighted by molar-refractivity contribution is 7.90. The molecule has 1 saturated heterocycles. The molecule has 1 atom stereocenters. The minimum atomic E-state index is -1.50. The van der Waals surface area contributed by atoms with Gasteiger partial charge in [0.1, 0.15) is 22.4 Å². The molecule has 0 aromatic heterocycles. The van der Waals surface area contributed by atoms with Gasteiger partial charge in [-0.25, -0.2) is 8.78 Å². The van der Waals surface area contributed by atoms with E-state index in [0.717, 1.165) is 0 Å². The first-order chi connectivity index (χ1) is 11.0. The molecule has 0 radical (unpaired) electrons. The van der Waals surface area contributed by atoms with Crippen LogP contribution in [0.3, 0.4) is 0 Å². The largest absolute Gasteiger partial charge is 0.360 e. The van der Waals surface area contributed by atoms with Gasteiger partial charge in [0.15, 0.2) is 0 Å². The van der Waals surface area contributed by atoms with Crippen molar-refractivity contribution < 1.29 is 17.8 Å². The quantitative estimate of drug-likeness (QED) is 0.878. The molecule has 1 heterocycles. The number of carbonyl (C=O) groups is 1. The Kier molecular flexibility index (Phi) is 4.20. The van der Waals surface area contributed by atoms with Gasteiger partial charge in [-0.3, -0.25) is 13.9 Å². The second-order valence-electron chi connectivity index (χ2n) is 4.84. The lowest BCUT2D eigenvalue weighted by Crippen LogP contribution is -2.24. The van der Waals surface area contributed by atoms with Crippen LogP contribution in [0.2, 0.25) is 0 Å². The van der Waals surface area contributed by atoms with E-state index in [1.807, 2.05) is 0 Å². The van der Waals surface area contributed by atoms with E-state index in [-0.39, 0.29) is 16.6 Å². The lowest BCUT2D eigenvalue weighted by Gasteiger charge is -2.13. The highest BCUT2D eigenvalue weighted by atomic mass is 32.2. The molecular formula is C16H12F2N2O2S. The molecule has 1 amide bonds. The summed E-state index contributed by atoms with van der Waals surface area (Å²) in [5.41, 5.74) is 1.05. The summed E-state index contributed by atoms with van der Waals surface area (Å²) in [5.74, 6) is -1.17. The van der Waals surface area contributed by atoms with Crippen molar-refractivity contribution in [3.8, 4) is 0 Å². The molecule has 1 fully saturated rings. The third kappa shape index (κ3) is 3.29. The number of hydrogen-bond donors (Lipinski definition) is 1. The van der Waals surface area contributed by atoms with Crippen molar-refractivity contribution in [2.45, 2.75) is 0 Å². The number of carbonyl (C=O) groups excluding carboxylic acids is 1. The molecule has 0 unspecified atom stereocenters. The Morgan fingerprint density at radius 1 is 1.00 bits per heavy atom. The lowest BCUT2D eigenvalue weighted by molar-refractivity contribution is -0.114. The van der Waals surface area contributed by atoms with E-state index in [1.165, 1.54) is 59.6 Å². The molecule has 0 spiro atoms. The number of nitrogens with one attached hydrogen (secondary N) is 1. The van der Waals surface area contributed by atoms with Crippen LogP contribution in [-0.4, -0.2) is 16.0 Å². The summed E-state index contributed by atoms with van der Waals surface area (Å²) in [6.07, 6.45) is 1.36. The SMILES string of the molecule is O=C1/C(=C\Nc2ccc(F)cc2)[S@@](=O)CN1c1ccc(F)cc1. The van der Waals surface area contributed by atoms with Crippen LogP contribution in [0.15, 0.2) is 59.6 Å². The Hall–Kier alpha value is -2.54. The second kappa shape index (κ2) is 6.29. The van der Waals surface area contributed by atoms with E-state index in [2.05, 4.69) is 5.32 Å². The number of nitrogens with zero attached hydrogens (tertiary/aromatic N) is 1. The lowest BCUT2D eigenvalue weighted by atomic mass is 10.3. The van der Waals surface area contributed by atoms with E-state index in [0.29, 0.717) is 11.4 Å². The van der Waals surface area contributed by atoms with Gasteiger partial charge in [0.2, 0.25) is 0 Å². The van der Waals surface area contributed by atoms with Crippen LogP contribution in [-0.2, 0) is 15.6 Å². The summed E-state index contributed by atoms with van der Waals surface area (Å²) < 4.78 is 37.9. The van der Waals surface area contributed by atoms with Crippen molar-refractivity contribution >= 4 is 28.1 Å². The minimum Gasteiger partial charge on any atom is -0.360 e. The van der Waals surface area contributed by atoms with Gasteiger partial charge in [-0.15, -0.1) is 0 Å². The smallest absolute Gasteiger partial charge is 0.269 e. The van der Waals surface area contributed by atoms with Crippen LogP contribution >= 0.6 is 0 Å². The first-order valence-electron chi connectivity index (χ1n) is 6.73. The molecule has 4 nitrogen and oxygen atoms in total. The molecule has 1 aliphatic heterocycles. The molecule has 2 aromatic carbocycles. The Morgan fingerprint density at radius 3 is 2.17 bits per heavy atom. The molecule has 2 aromatic rings. The Balaban J connectivity index is 1.79. The van der Waals surface area contributed by atoms with Gasteiger partial charge in [-0.2, -0.15) is 0 Å². The van der Waals surface area contributed by atoms with Crippen LogP contribution in [0.25, 0.3) is 0 Å². The third-order valence-corrected chi connectivity index (χ3v) is 4.58. The van der Waals surface area contributed by atoms with Crippen molar-refractivity contribution in [1.29, 1.82) is 0 Å². The first kappa shape index (κ1) is 15.4. The molecule has 0 bridgehead atoms. The van der Waals surface area contributed by atoms with Crippen molar-refractivity contribution in [3.63, 3.8) is 0 Å². The van der Waals surface area contributed by atoms with E-state index < -0.39 is 22.5 Å². The fourth-order valence-electron chi connectivity index (χ4n) is 2.11. The van der Waals surface area contributed by atoms with Crippen LogP contribution in [0, 0.1) is 11.6 Å². The minimum absolute atomic E-state index is 0.0153. The van der Waals surface area contributed by atoms with E-state index >= 15 is 0 Å². The normalized spacial score (nSPS) is 19.4. The number of hydrogen-bond acceptors (Lipinski definition) is 3. The van der Waals surface area contributed by atoms with Gasteiger partial charge in [0.25, 0.3) is 5.91 Å². The highest BCUT2D eigenvalue weighted by Gasteiger charge is 2.33. The van der Waals surface area contributed by atoms with Crippen molar-refractivity contribution in [1.82, 2.24) is 0 Å². The number of rotatable bonds is 3. The summed E-state index contributed by atoms with van der Waals surface area (Å²) in [6, 6.07) is 11.0. The zero-order chi connectivity index (χ0) is 16.4. The Bertz CT molecular complexity index is 789. The average molecular weight is 334 g/mol. The van der Waals surface area contributed by atoms with E-state index in [4.69, 9.17) is 0 Å². The summed E-state index contributed by atoms with van der Waals surface area (Å²) >= 11 is 0. The van der Waals surface area contributed by atoms with Crippen LogP contribution in [0.1, 0.15) is 0 Å². The number of anilines is 2. The monoisotopic (exact) mass is 334 g/mol. The maximum absolute atomic E-state index is 12.9. The molecular weight excluding hydrogens is 322 g/mol. The number of benzene rings is 2. The van der Waals surface area contributed by atoms with Gasteiger partial charge in [0, 0.05) is 17.6 Å². The van der Waals surface area contributed by atoms with Crippen LogP contribution in [0.5, 0.6) is 0 Å². The third-order valence-electron chi connectivity index (χ3n) is 3.30. The maximum atomic E-state index is 12.9. The van der Waals surface area contributed by atoms with Crippen LogP contribution in [0.4, 0.5) is 20.2 Å². The molecule has 1 N–H and O–H groups in total. The first-order valence-corrected chi connectivity index (χ1v) is 8.04. The topological polar surface area (TPSA) is 49.4 Å². The fourth-order valence-corrected chi connectivity index (χ4v) is 3.25. The van der Waals surface area contributed by atoms with Crippen molar-refractivity contribution in [2.24, 2.45) is 0 Å². The summed E-state index contributed by atoms with van der Waals surface area (Å²) in [6.45, 7) is 0. The van der Waals surface area contributed by atoms with Gasteiger partial charge in [-0.05, 0) is 48.5 Å². The van der Waals surface area contributed by atoms with Gasteiger partial charge in [0.05, 0.1) is 10.8 Å². The molecule has 0 aliphatic carbocycles. The van der Waals surface area contributed by atoms with Crippen molar-refractivity contribution in [2.75, 3.05) is 16.1 Å². The summed E-state index contributed by atoms with van der Waals surface area (Å²) in [5, 5.41) is 2.83. The summed E-state index contributed by atoms with van der Waals surface area (Å²) in [4.78, 5) is 13.8. The molecule has 1 aliphatic rings. The van der Waals surface area contributed by atoms with Gasteiger partial charge < -0.3 is 5.32 Å². The molecule has 0 saturated carbocycles. The van der Waals surface area contributed by atoms with E-state index in [1.54, 1.807) is 0 Å². The predicted molar refractivity (Wildman–Crippen MR) is 85.0 cm³/mol. The zero-order valence-electron chi connectivity index (χ0n) is 11.8. The second-order valence-corrected chi connectivity index (χ2v) is 6.23. The Labute approximate surface area is 133 Å². The molecule has 23 heavy (non-hydrogen) atoms. The standard InChI is InChI=1S/C16H12F2N2O2S/c17-11-1-5-13(6-2-11)19-9-15-16(21)20(10-23(15)22)14-7-3-12(18)4-8-14/h1-9,19H,10H2/b15-9+/t23-/m0/s1. The number of amides is 1. The maximum Gasteiger partial charge on any atom is 0.269 e. The average Bonchev–Trinajstić information content (AvgIpc) is 2.82. The fraction of sp³-hybridized carbons (Fsp3) is 0.0625. The molecule has 7 heteroatoms. The number of halogens is 2. The molecule has 3 rings (SSSR count). The highest BCUT2D eigenvalue weighted by Crippen LogP contribution is 2.25.